The van der Waals surface area contributed by atoms with Crippen molar-refractivity contribution in [1.82, 2.24) is 25.0 Å². The molecule has 0 saturated heterocycles. The van der Waals surface area contributed by atoms with Gasteiger partial charge in [-0.05, 0) is 19.9 Å². The predicted octanol–water partition coefficient (Wildman–Crippen LogP) is 1.95. The van der Waals surface area contributed by atoms with E-state index in [4.69, 9.17) is 9.47 Å². The van der Waals surface area contributed by atoms with Crippen LogP contribution in [-0.2, 0) is 29.0 Å². The van der Waals surface area contributed by atoms with Gasteiger partial charge in [0.1, 0.15) is 11.6 Å². The van der Waals surface area contributed by atoms with Gasteiger partial charge in [-0.2, -0.15) is 0 Å². The number of aromatic nitrogens is 3. The number of hydrogen-bond donors (Lipinski definition) is 1. The predicted molar refractivity (Wildman–Crippen MR) is 110 cm³/mol. The van der Waals surface area contributed by atoms with Gasteiger partial charge >= 0.3 is 0 Å². The monoisotopic (exact) mass is 401 g/mol. The summed E-state index contributed by atoms with van der Waals surface area (Å²) in [6.45, 7) is 8.47. The molecule has 2 aromatic rings. The second kappa shape index (κ2) is 10.4. The largest absolute Gasteiger partial charge is 0.494 e. The number of fused-ring (bicyclic) bond motifs is 1. The Morgan fingerprint density at radius 2 is 2.07 bits per heavy atom. The molecule has 0 radical (unpaired) electrons. The summed E-state index contributed by atoms with van der Waals surface area (Å²) >= 11 is 0. The van der Waals surface area contributed by atoms with Crippen molar-refractivity contribution >= 4 is 5.91 Å². The zero-order chi connectivity index (χ0) is 20.6. The molecule has 0 bridgehead atoms. The molecule has 1 N–H and O–H groups in total. The van der Waals surface area contributed by atoms with Crippen LogP contribution in [0.5, 0.6) is 5.75 Å². The Balaban J connectivity index is 1.63. The van der Waals surface area contributed by atoms with Crippen molar-refractivity contribution in [1.29, 1.82) is 0 Å². The zero-order valence-electron chi connectivity index (χ0n) is 17.6. The maximum Gasteiger partial charge on any atom is 0.222 e. The van der Waals surface area contributed by atoms with Crippen molar-refractivity contribution in [2.75, 3.05) is 33.4 Å². The van der Waals surface area contributed by atoms with E-state index >= 15 is 0 Å². The summed E-state index contributed by atoms with van der Waals surface area (Å²) < 4.78 is 12.9. The summed E-state index contributed by atoms with van der Waals surface area (Å²) in [7, 11) is 1.59. The Morgan fingerprint density at radius 1 is 1.24 bits per heavy atom. The molecule has 0 fully saturated rings. The fraction of sp³-hybridized carbons (Fsp3) is 0.571. The first-order chi connectivity index (χ1) is 14.1. The minimum Gasteiger partial charge on any atom is -0.494 e. The number of para-hydroxylation sites is 1. The van der Waals surface area contributed by atoms with Crippen molar-refractivity contribution in [2.24, 2.45) is 0 Å². The van der Waals surface area contributed by atoms with Crippen molar-refractivity contribution in [3.63, 3.8) is 0 Å². The third-order valence-corrected chi connectivity index (χ3v) is 5.11. The van der Waals surface area contributed by atoms with Crippen LogP contribution >= 0.6 is 0 Å². The topological polar surface area (TPSA) is 81.5 Å². The van der Waals surface area contributed by atoms with Gasteiger partial charge in [0.25, 0.3) is 0 Å². The van der Waals surface area contributed by atoms with Gasteiger partial charge < -0.3 is 19.4 Å². The molecule has 1 amide bonds. The molecule has 3 rings (SSSR count). The summed E-state index contributed by atoms with van der Waals surface area (Å²) in [5.74, 6) is 2.69. The number of carbonyl (C=O) groups excluding carboxylic acids is 1. The lowest BCUT2D eigenvalue weighted by molar-refractivity contribution is -0.122. The molecule has 1 aliphatic rings. The fourth-order valence-electron chi connectivity index (χ4n) is 3.61. The van der Waals surface area contributed by atoms with Crippen LogP contribution in [0.1, 0.15) is 43.5 Å². The van der Waals surface area contributed by atoms with Crippen LogP contribution < -0.4 is 10.1 Å². The number of rotatable bonds is 9. The van der Waals surface area contributed by atoms with Gasteiger partial charge in [0.05, 0.1) is 19.3 Å². The molecular weight excluding hydrogens is 370 g/mol. The van der Waals surface area contributed by atoms with E-state index in [-0.39, 0.29) is 11.9 Å². The van der Waals surface area contributed by atoms with Crippen LogP contribution in [0, 0.1) is 0 Å². The highest BCUT2D eigenvalue weighted by Crippen LogP contribution is 2.22. The molecule has 1 aromatic heterocycles. The van der Waals surface area contributed by atoms with E-state index in [1.165, 1.54) is 5.56 Å². The Morgan fingerprint density at radius 3 is 2.86 bits per heavy atom. The van der Waals surface area contributed by atoms with Gasteiger partial charge in [-0.25, -0.2) is 0 Å². The van der Waals surface area contributed by atoms with E-state index in [1.54, 1.807) is 7.11 Å². The highest BCUT2D eigenvalue weighted by Gasteiger charge is 2.23. The van der Waals surface area contributed by atoms with Crippen molar-refractivity contribution in [2.45, 2.75) is 45.8 Å². The van der Waals surface area contributed by atoms with E-state index in [0.29, 0.717) is 19.6 Å². The van der Waals surface area contributed by atoms with E-state index in [2.05, 4.69) is 37.1 Å². The fourth-order valence-corrected chi connectivity index (χ4v) is 3.61. The molecule has 29 heavy (non-hydrogen) atoms. The zero-order valence-corrected chi connectivity index (χ0v) is 17.6. The Bertz CT molecular complexity index is 807. The molecule has 8 heteroatoms. The molecular formula is C21H31N5O3. The first-order valence-electron chi connectivity index (χ1n) is 10.3. The number of nitrogens with one attached hydrogen (secondary N) is 1. The Kier molecular flexibility index (Phi) is 7.60. The van der Waals surface area contributed by atoms with Crippen LogP contribution in [0.3, 0.4) is 0 Å². The molecule has 158 valence electrons. The molecule has 0 unspecified atom stereocenters. The van der Waals surface area contributed by atoms with Gasteiger partial charge in [-0.3, -0.25) is 9.69 Å². The first kappa shape index (κ1) is 21.3. The lowest BCUT2D eigenvalue weighted by Crippen LogP contribution is -2.30. The lowest BCUT2D eigenvalue weighted by Gasteiger charge is -2.21. The molecule has 8 nitrogen and oxygen atoms in total. The maximum atomic E-state index is 12.0. The third-order valence-electron chi connectivity index (χ3n) is 5.11. The Hall–Kier alpha value is -2.45. The normalized spacial score (nSPS) is 15.4. The average Bonchev–Trinajstić information content (AvgIpc) is 3.03. The minimum absolute atomic E-state index is 0.0421. The molecule has 2 heterocycles. The van der Waals surface area contributed by atoms with E-state index in [1.807, 2.05) is 26.0 Å². The van der Waals surface area contributed by atoms with Crippen LogP contribution in [0.2, 0.25) is 0 Å². The van der Waals surface area contributed by atoms with Crippen molar-refractivity contribution in [3.05, 3.63) is 41.5 Å². The number of ether oxygens (including phenoxy) is 2. The standard InChI is InChI=1S/C21H31N5O3/c1-4-29-18-8-6-5-7-17(18)15-25-11-9-19-23-24-21(26(19)13-12-25)16(2)22-20(27)10-14-28-3/h5-8,16H,4,9-15H2,1-3H3,(H,22,27)/t16-/m1/s1. The van der Waals surface area contributed by atoms with Crippen LogP contribution in [0.25, 0.3) is 0 Å². The summed E-state index contributed by atoms with van der Waals surface area (Å²) in [5.41, 5.74) is 1.20. The summed E-state index contributed by atoms with van der Waals surface area (Å²) in [6.07, 6.45) is 1.17. The van der Waals surface area contributed by atoms with Gasteiger partial charge in [0, 0.05) is 51.7 Å². The molecule has 1 aliphatic heterocycles. The van der Waals surface area contributed by atoms with E-state index in [9.17, 15) is 4.79 Å². The maximum absolute atomic E-state index is 12.0. The number of nitrogens with zero attached hydrogens (tertiary/aromatic N) is 4. The van der Waals surface area contributed by atoms with Gasteiger partial charge in [0.2, 0.25) is 5.91 Å². The van der Waals surface area contributed by atoms with Crippen LogP contribution in [-0.4, -0.2) is 59.0 Å². The summed E-state index contributed by atoms with van der Waals surface area (Å²) in [4.78, 5) is 14.4. The van der Waals surface area contributed by atoms with Crippen molar-refractivity contribution in [3.8, 4) is 5.75 Å². The van der Waals surface area contributed by atoms with E-state index < -0.39 is 0 Å². The third kappa shape index (κ3) is 5.55. The molecule has 1 aromatic carbocycles. The Labute approximate surface area is 172 Å². The summed E-state index contributed by atoms with van der Waals surface area (Å²) in [6, 6.07) is 8.02. The van der Waals surface area contributed by atoms with Gasteiger partial charge in [-0.1, -0.05) is 18.2 Å². The second-order valence-electron chi connectivity index (χ2n) is 7.22. The lowest BCUT2D eigenvalue weighted by atomic mass is 10.2. The number of carbonyl (C=O) groups is 1. The SMILES string of the molecule is CCOc1ccccc1CN1CCc2nnc([C@@H](C)NC(=O)CCOC)n2CC1. The molecule has 0 aliphatic carbocycles. The molecule has 0 saturated carbocycles. The highest BCUT2D eigenvalue weighted by atomic mass is 16.5. The number of methoxy groups -OCH3 is 1. The van der Waals surface area contributed by atoms with Gasteiger partial charge in [0.15, 0.2) is 5.82 Å². The molecule has 0 spiro atoms. The number of amides is 1. The smallest absolute Gasteiger partial charge is 0.222 e. The average molecular weight is 402 g/mol. The van der Waals surface area contributed by atoms with Gasteiger partial charge in [-0.15, -0.1) is 10.2 Å². The van der Waals surface area contributed by atoms with Crippen LogP contribution in [0.15, 0.2) is 24.3 Å². The second-order valence-corrected chi connectivity index (χ2v) is 7.22. The summed E-state index contributed by atoms with van der Waals surface area (Å²) in [5, 5.41) is 11.7. The minimum atomic E-state index is -0.189. The van der Waals surface area contributed by atoms with Crippen LogP contribution in [0.4, 0.5) is 0 Å². The quantitative estimate of drug-likeness (QED) is 0.692. The molecule has 1 atom stereocenters. The first-order valence-corrected chi connectivity index (χ1v) is 10.3. The number of benzene rings is 1. The number of hydrogen-bond acceptors (Lipinski definition) is 6. The highest BCUT2D eigenvalue weighted by molar-refractivity contribution is 5.76. The van der Waals surface area contributed by atoms with E-state index in [0.717, 1.165) is 50.0 Å². The van der Waals surface area contributed by atoms with Crippen molar-refractivity contribution < 1.29 is 14.3 Å².